The van der Waals surface area contributed by atoms with Crippen molar-refractivity contribution >= 4 is 33.3 Å². The van der Waals surface area contributed by atoms with E-state index in [1.54, 1.807) is 32.8 Å². The summed E-state index contributed by atoms with van der Waals surface area (Å²) in [7, 11) is 3.20. The highest BCUT2D eigenvalue weighted by Crippen LogP contribution is 2.36. The number of benzene rings is 1. The average Bonchev–Trinajstić information content (AvgIpc) is 2.83. The van der Waals surface area contributed by atoms with Gasteiger partial charge in [0, 0.05) is 53.1 Å². The first-order chi connectivity index (χ1) is 15.5. The smallest absolute Gasteiger partial charge is 0.162 e. The van der Waals surface area contributed by atoms with Gasteiger partial charge in [0.2, 0.25) is 0 Å². The number of ether oxygens (including phenoxy) is 2. The number of methoxy groups -OCH3 is 2. The number of nitrogens with zero attached hydrogens (tertiary/aromatic N) is 4. The number of pyridine rings is 3. The number of rotatable bonds is 7. The molecule has 0 saturated heterocycles. The third-order valence-electron chi connectivity index (χ3n) is 5.34. The van der Waals surface area contributed by atoms with E-state index in [0.29, 0.717) is 35.4 Å². The quantitative estimate of drug-likeness (QED) is 0.197. The van der Waals surface area contributed by atoms with Crippen LogP contribution in [0, 0.1) is 0 Å². The molecule has 0 amide bonds. The summed E-state index contributed by atoms with van der Waals surface area (Å²) in [6.45, 7) is 2.81. The van der Waals surface area contributed by atoms with Crippen LogP contribution in [0.4, 0.5) is 5.82 Å². The van der Waals surface area contributed by atoms with Crippen LogP contribution < -0.4 is 20.9 Å². The highest BCUT2D eigenvalue weighted by atomic mass is 16.5. The molecule has 0 spiro atoms. The third-order valence-corrected chi connectivity index (χ3v) is 5.34. The molecule has 32 heavy (non-hydrogen) atoms. The van der Waals surface area contributed by atoms with Gasteiger partial charge in [-0.05, 0) is 30.0 Å². The van der Waals surface area contributed by atoms with E-state index >= 15 is 0 Å². The molecule has 0 radical (unpaired) electrons. The van der Waals surface area contributed by atoms with E-state index in [0.717, 1.165) is 45.6 Å². The molecule has 1 aromatic carbocycles. The van der Waals surface area contributed by atoms with Crippen LogP contribution in [0.5, 0.6) is 11.5 Å². The zero-order chi connectivity index (χ0) is 22.7. The Morgan fingerprint density at radius 2 is 1.75 bits per heavy atom. The van der Waals surface area contributed by atoms with Crippen molar-refractivity contribution in [3.05, 3.63) is 48.4 Å². The summed E-state index contributed by atoms with van der Waals surface area (Å²) < 4.78 is 10.9. The second-order valence-electron chi connectivity index (χ2n) is 7.42. The van der Waals surface area contributed by atoms with E-state index in [1.807, 2.05) is 24.3 Å². The zero-order valence-electron chi connectivity index (χ0n) is 18.4. The summed E-state index contributed by atoms with van der Waals surface area (Å²) in [6, 6.07) is 7.66. The van der Waals surface area contributed by atoms with Crippen molar-refractivity contribution in [3.8, 4) is 22.8 Å². The summed E-state index contributed by atoms with van der Waals surface area (Å²) in [5.74, 6) is 2.08. The summed E-state index contributed by atoms with van der Waals surface area (Å²) in [5.41, 5.74) is 15.5. The van der Waals surface area contributed by atoms with Gasteiger partial charge in [-0.1, -0.05) is 13.3 Å². The maximum absolute atomic E-state index is 6.32. The first-order valence-corrected chi connectivity index (χ1v) is 10.4. The number of hydrogen-bond donors (Lipinski definition) is 2. The summed E-state index contributed by atoms with van der Waals surface area (Å²) in [5, 5.41) is 2.56. The molecule has 4 N–H and O–H groups in total. The molecule has 4 rings (SSSR count). The molecule has 0 aliphatic rings. The topological polar surface area (TPSA) is 122 Å². The van der Waals surface area contributed by atoms with Gasteiger partial charge in [-0.3, -0.25) is 15.0 Å². The second kappa shape index (κ2) is 9.05. The van der Waals surface area contributed by atoms with Crippen LogP contribution in [0.1, 0.15) is 25.3 Å². The lowest BCUT2D eigenvalue weighted by Gasteiger charge is -2.12. The van der Waals surface area contributed by atoms with Crippen LogP contribution in [-0.2, 0) is 0 Å². The predicted molar refractivity (Wildman–Crippen MR) is 128 cm³/mol. The van der Waals surface area contributed by atoms with Gasteiger partial charge in [-0.2, -0.15) is 0 Å². The Morgan fingerprint density at radius 3 is 2.50 bits per heavy atom. The van der Waals surface area contributed by atoms with Crippen molar-refractivity contribution in [1.82, 2.24) is 15.0 Å². The standard InChI is InChI=1S/C24H26N6O2/c1-4-5-6-28-23(25)15-7-14(11-27-12-15)19-8-16-17-9-21(31-2)22(32-3)10-20(17)29-13-18(16)24(26)30-19/h7-13H,4-6H2,1-3H3,(H2,25,28)(H2,26,30). The lowest BCUT2D eigenvalue weighted by Crippen LogP contribution is -2.14. The van der Waals surface area contributed by atoms with Gasteiger partial charge in [0.15, 0.2) is 11.5 Å². The number of amidine groups is 1. The normalized spacial score (nSPS) is 11.8. The van der Waals surface area contributed by atoms with Crippen molar-refractivity contribution in [3.63, 3.8) is 0 Å². The van der Waals surface area contributed by atoms with Crippen LogP contribution in [0.2, 0.25) is 0 Å². The van der Waals surface area contributed by atoms with Crippen LogP contribution in [0.25, 0.3) is 32.9 Å². The van der Waals surface area contributed by atoms with Crippen LogP contribution in [-0.4, -0.2) is 41.6 Å². The Balaban J connectivity index is 1.86. The fourth-order valence-electron chi connectivity index (χ4n) is 3.57. The fraction of sp³-hybridized carbons (Fsp3) is 0.250. The number of hydrogen-bond acceptors (Lipinski definition) is 7. The highest BCUT2D eigenvalue weighted by molar-refractivity contribution is 6.10. The Bertz CT molecular complexity index is 1320. The molecule has 0 aliphatic heterocycles. The van der Waals surface area contributed by atoms with Gasteiger partial charge >= 0.3 is 0 Å². The summed E-state index contributed by atoms with van der Waals surface area (Å²) >= 11 is 0. The molecule has 3 heterocycles. The van der Waals surface area contributed by atoms with E-state index in [4.69, 9.17) is 20.9 Å². The Morgan fingerprint density at radius 1 is 0.969 bits per heavy atom. The molecule has 4 aromatic rings. The molecule has 0 unspecified atom stereocenters. The first kappa shape index (κ1) is 21.3. The molecule has 0 bridgehead atoms. The van der Waals surface area contributed by atoms with E-state index in [1.165, 1.54) is 0 Å². The Labute approximate surface area is 186 Å². The minimum absolute atomic E-state index is 0.386. The number of nitrogen functional groups attached to an aromatic ring is 1. The summed E-state index contributed by atoms with van der Waals surface area (Å²) in [6.07, 6.45) is 7.22. The van der Waals surface area contributed by atoms with Gasteiger partial charge in [-0.15, -0.1) is 0 Å². The average molecular weight is 431 g/mol. The van der Waals surface area contributed by atoms with Crippen LogP contribution in [0.3, 0.4) is 0 Å². The molecule has 164 valence electrons. The number of aliphatic imine (C=N–C) groups is 1. The lowest BCUT2D eigenvalue weighted by atomic mass is 10.0. The van der Waals surface area contributed by atoms with Gasteiger partial charge in [-0.25, -0.2) is 4.98 Å². The predicted octanol–water partition coefficient (Wildman–Crippen LogP) is 3.95. The SMILES string of the molecule is CCCCN=C(N)c1cncc(-c2cc3c(cnc4cc(OC)c(OC)cc43)c(N)n2)c1. The van der Waals surface area contributed by atoms with Crippen LogP contribution >= 0.6 is 0 Å². The first-order valence-electron chi connectivity index (χ1n) is 10.4. The highest BCUT2D eigenvalue weighted by Gasteiger charge is 2.14. The fourth-order valence-corrected chi connectivity index (χ4v) is 3.57. The van der Waals surface area contributed by atoms with Crippen molar-refractivity contribution in [2.45, 2.75) is 19.8 Å². The molecule has 0 saturated carbocycles. The number of aromatic nitrogens is 3. The molecule has 8 heteroatoms. The largest absolute Gasteiger partial charge is 0.493 e. The second-order valence-corrected chi connectivity index (χ2v) is 7.42. The minimum Gasteiger partial charge on any atom is -0.493 e. The summed E-state index contributed by atoms with van der Waals surface area (Å²) in [4.78, 5) is 17.9. The Kier molecular flexibility index (Phi) is 6.02. The molecule has 0 aliphatic carbocycles. The number of nitrogens with two attached hydrogens (primary N) is 2. The monoisotopic (exact) mass is 430 g/mol. The molecular formula is C24H26N6O2. The molecule has 3 aromatic heterocycles. The van der Waals surface area contributed by atoms with Gasteiger partial charge in [0.1, 0.15) is 11.7 Å². The van der Waals surface area contributed by atoms with E-state index in [-0.39, 0.29) is 0 Å². The number of anilines is 1. The van der Waals surface area contributed by atoms with E-state index in [2.05, 4.69) is 26.9 Å². The maximum Gasteiger partial charge on any atom is 0.162 e. The molecule has 8 nitrogen and oxygen atoms in total. The number of fused-ring (bicyclic) bond motifs is 3. The van der Waals surface area contributed by atoms with Crippen LogP contribution in [0.15, 0.2) is 47.8 Å². The van der Waals surface area contributed by atoms with Crippen molar-refractivity contribution < 1.29 is 9.47 Å². The van der Waals surface area contributed by atoms with Crippen molar-refractivity contribution in [2.75, 3.05) is 26.5 Å². The van der Waals surface area contributed by atoms with E-state index in [9.17, 15) is 0 Å². The molecule has 0 atom stereocenters. The number of unbranched alkanes of at least 4 members (excludes halogenated alkanes) is 1. The minimum atomic E-state index is 0.386. The van der Waals surface area contributed by atoms with Gasteiger partial charge in [0.05, 0.1) is 25.4 Å². The Hall–Kier alpha value is -3.94. The van der Waals surface area contributed by atoms with Gasteiger partial charge in [0.25, 0.3) is 0 Å². The van der Waals surface area contributed by atoms with E-state index < -0.39 is 0 Å². The zero-order valence-corrected chi connectivity index (χ0v) is 18.4. The maximum atomic E-state index is 6.32. The van der Waals surface area contributed by atoms with Gasteiger partial charge < -0.3 is 20.9 Å². The molecular weight excluding hydrogens is 404 g/mol. The molecule has 0 fully saturated rings. The lowest BCUT2D eigenvalue weighted by molar-refractivity contribution is 0.356. The van der Waals surface area contributed by atoms with Crippen molar-refractivity contribution in [2.24, 2.45) is 10.7 Å². The third kappa shape index (κ3) is 3.99. The van der Waals surface area contributed by atoms with Crippen molar-refractivity contribution in [1.29, 1.82) is 0 Å².